The van der Waals surface area contributed by atoms with Gasteiger partial charge in [0.2, 0.25) is 0 Å². The fraction of sp³-hybridized carbons (Fsp3) is 0.727. The molecule has 1 atom stereocenters. The van der Waals surface area contributed by atoms with E-state index in [2.05, 4.69) is 25.8 Å². The minimum atomic E-state index is 0.214. The Hall–Kier alpha value is -0.410. The smallest absolute Gasteiger partial charge is 0.0928 e. The van der Waals surface area contributed by atoms with Crippen LogP contribution in [-0.4, -0.2) is 4.98 Å². The standard InChI is InChI=1S/C11H18N2S/c1-4-9-13-8-6-11(2,3)5-7(12)10(8)14-9/h7H,4-6,12H2,1-3H3. The predicted molar refractivity (Wildman–Crippen MR) is 60.5 cm³/mol. The molecular weight excluding hydrogens is 192 g/mol. The largest absolute Gasteiger partial charge is 0.323 e. The second-order valence-corrected chi connectivity index (χ2v) is 6.04. The topological polar surface area (TPSA) is 38.9 Å². The summed E-state index contributed by atoms with van der Waals surface area (Å²) in [6, 6.07) is 0.214. The van der Waals surface area contributed by atoms with Gasteiger partial charge in [-0.25, -0.2) is 4.98 Å². The van der Waals surface area contributed by atoms with Gasteiger partial charge in [-0.3, -0.25) is 0 Å². The van der Waals surface area contributed by atoms with Gasteiger partial charge in [0, 0.05) is 10.9 Å². The van der Waals surface area contributed by atoms with Crippen molar-refractivity contribution in [2.45, 2.75) is 46.1 Å². The van der Waals surface area contributed by atoms with Crippen LogP contribution in [0.5, 0.6) is 0 Å². The molecule has 1 heterocycles. The van der Waals surface area contributed by atoms with Gasteiger partial charge in [0.15, 0.2) is 0 Å². The van der Waals surface area contributed by atoms with Crippen LogP contribution < -0.4 is 5.73 Å². The van der Waals surface area contributed by atoms with Gasteiger partial charge in [-0.15, -0.1) is 11.3 Å². The fourth-order valence-electron chi connectivity index (χ4n) is 2.20. The van der Waals surface area contributed by atoms with E-state index >= 15 is 0 Å². The number of aryl methyl sites for hydroxylation is 1. The number of rotatable bonds is 1. The van der Waals surface area contributed by atoms with Gasteiger partial charge in [-0.05, 0) is 24.7 Å². The molecule has 1 unspecified atom stereocenters. The summed E-state index contributed by atoms with van der Waals surface area (Å²) in [5, 5.41) is 1.24. The molecule has 1 aliphatic carbocycles. The molecule has 2 rings (SSSR count). The Kier molecular flexibility index (Phi) is 2.40. The lowest BCUT2D eigenvalue weighted by Gasteiger charge is -2.32. The summed E-state index contributed by atoms with van der Waals surface area (Å²) < 4.78 is 0. The lowest BCUT2D eigenvalue weighted by molar-refractivity contribution is 0.282. The highest BCUT2D eigenvalue weighted by atomic mass is 32.1. The van der Waals surface area contributed by atoms with Crippen LogP contribution >= 0.6 is 11.3 Å². The lowest BCUT2D eigenvalue weighted by atomic mass is 9.77. The van der Waals surface area contributed by atoms with Gasteiger partial charge in [-0.2, -0.15) is 0 Å². The number of fused-ring (bicyclic) bond motifs is 1. The predicted octanol–water partition coefficient (Wildman–Crippen LogP) is 2.68. The summed E-state index contributed by atoms with van der Waals surface area (Å²) in [6.45, 7) is 6.71. The fourth-order valence-corrected chi connectivity index (χ4v) is 3.22. The van der Waals surface area contributed by atoms with Crippen molar-refractivity contribution < 1.29 is 0 Å². The van der Waals surface area contributed by atoms with Crippen molar-refractivity contribution in [2.24, 2.45) is 11.1 Å². The first-order valence-corrected chi connectivity index (χ1v) is 6.07. The van der Waals surface area contributed by atoms with E-state index in [1.54, 1.807) is 0 Å². The minimum absolute atomic E-state index is 0.214. The van der Waals surface area contributed by atoms with E-state index in [-0.39, 0.29) is 6.04 Å². The average molecular weight is 210 g/mol. The molecule has 0 bridgehead atoms. The minimum Gasteiger partial charge on any atom is -0.323 e. The average Bonchev–Trinajstić information content (AvgIpc) is 2.45. The summed E-state index contributed by atoms with van der Waals surface area (Å²) >= 11 is 1.81. The number of hydrogen-bond acceptors (Lipinski definition) is 3. The quantitative estimate of drug-likeness (QED) is 0.774. The second kappa shape index (κ2) is 3.31. The van der Waals surface area contributed by atoms with Crippen LogP contribution in [0.4, 0.5) is 0 Å². The van der Waals surface area contributed by atoms with E-state index in [0.29, 0.717) is 5.41 Å². The normalized spacial score (nSPS) is 24.7. The van der Waals surface area contributed by atoms with E-state index in [9.17, 15) is 0 Å². The first-order valence-electron chi connectivity index (χ1n) is 5.26. The van der Waals surface area contributed by atoms with E-state index in [1.165, 1.54) is 15.6 Å². The number of nitrogens with two attached hydrogens (primary N) is 1. The number of hydrogen-bond donors (Lipinski definition) is 1. The molecule has 3 heteroatoms. The van der Waals surface area contributed by atoms with E-state index in [1.807, 2.05) is 11.3 Å². The number of nitrogens with zero attached hydrogens (tertiary/aromatic N) is 1. The summed E-state index contributed by atoms with van der Waals surface area (Å²) in [5.41, 5.74) is 7.75. The number of thiazole rings is 1. The third kappa shape index (κ3) is 1.71. The molecule has 0 fully saturated rings. The maximum absolute atomic E-state index is 6.16. The molecule has 1 aliphatic rings. The van der Waals surface area contributed by atoms with Crippen LogP contribution in [0.2, 0.25) is 0 Å². The highest BCUT2D eigenvalue weighted by molar-refractivity contribution is 7.11. The third-order valence-corrected chi connectivity index (χ3v) is 4.20. The number of aromatic nitrogens is 1. The van der Waals surface area contributed by atoms with Gasteiger partial charge in [-0.1, -0.05) is 20.8 Å². The van der Waals surface area contributed by atoms with Gasteiger partial charge >= 0.3 is 0 Å². The van der Waals surface area contributed by atoms with E-state index < -0.39 is 0 Å². The van der Waals surface area contributed by atoms with Crippen LogP contribution in [0.25, 0.3) is 0 Å². The van der Waals surface area contributed by atoms with Gasteiger partial charge in [0.1, 0.15) is 0 Å². The maximum atomic E-state index is 6.16. The second-order valence-electron chi connectivity index (χ2n) is 4.92. The molecule has 2 nitrogen and oxygen atoms in total. The zero-order valence-electron chi connectivity index (χ0n) is 9.13. The molecule has 1 aromatic heterocycles. The first kappa shape index (κ1) is 10.1. The molecule has 0 amide bonds. The molecule has 2 N–H and O–H groups in total. The van der Waals surface area contributed by atoms with E-state index in [4.69, 9.17) is 5.73 Å². The van der Waals surface area contributed by atoms with Crippen LogP contribution in [0.3, 0.4) is 0 Å². The van der Waals surface area contributed by atoms with Crippen LogP contribution in [0.1, 0.15) is 48.8 Å². The summed E-state index contributed by atoms with van der Waals surface area (Å²) in [6.07, 6.45) is 3.21. The van der Waals surface area contributed by atoms with Gasteiger partial charge in [0.25, 0.3) is 0 Å². The monoisotopic (exact) mass is 210 g/mol. The lowest BCUT2D eigenvalue weighted by Crippen LogP contribution is -2.28. The van der Waals surface area contributed by atoms with Crippen molar-refractivity contribution in [3.63, 3.8) is 0 Å². The van der Waals surface area contributed by atoms with Crippen molar-refractivity contribution in [2.75, 3.05) is 0 Å². The van der Waals surface area contributed by atoms with Crippen molar-refractivity contribution >= 4 is 11.3 Å². The molecule has 0 spiro atoms. The SMILES string of the molecule is CCc1nc2c(s1)C(N)CC(C)(C)C2. The maximum Gasteiger partial charge on any atom is 0.0928 e. The molecular formula is C11H18N2S. The van der Waals surface area contributed by atoms with Crippen LogP contribution in [-0.2, 0) is 12.8 Å². The van der Waals surface area contributed by atoms with E-state index in [0.717, 1.165) is 19.3 Å². The summed E-state index contributed by atoms with van der Waals surface area (Å²) in [4.78, 5) is 5.99. The highest BCUT2D eigenvalue weighted by Crippen LogP contribution is 2.41. The molecule has 14 heavy (non-hydrogen) atoms. The van der Waals surface area contributed by atoms with Gasteiger partial charge < -0.3 is 5.73 Å². The third-order valence-electron chi connectivity index (χ3n) is 2.83. The highest BCUT2D eigenvalue weighted by Gasteiger charge is 2.32. The van der Waals surface area contributed by atoms with Gasteiger partial charge in [0.05, 0.1) is 10.7 Å². The van der Waals surface area contributed by atoms with Crippen molar-refractivity contribution in [1.29, 1.82) is 0 Å². The van der Waals surface area contributed by atoms with Crippen LogP contribution in [0, 0.1) is 5.41 Å². The zero-order chi connectivity index (χ0) is 10.3. The Morgan fingerprint density at radius 2 is 2.29 bits per heavy atom. The molecule has 78 valence electrons. The first-order chi connectivity index (χ1) is 6.52. The molecule has 0 aromatic carbocycles. The Morgan fingerprint density at radius 3 is 2.93 bits per heavy atom. The molecule has 0 saturated carbocycles. The van der Waals surface area contributed by atoms with Crippen molar-refractivity contribution in [3.05, 3.63) is 15.6 Å². The Bertz CT molecular complexity index is 341. The van der Waals surface area contributed by atoms with Crippen LogP contribution in [0.15, 0.2) is 0 Å². The van der Waals surface area contributed by atoms with Crippen molar-refractivity contribution in [1.82, 2.24) is 4.98 Å². The molecule has 1 aromatic rings. The molecule has 0 saturated heterocycles. The summed E-state index contributed by atoms with van der Waals surface area (Å²) in [5.74, 6) is 0. The Morgan fingerprint density at radius 1 is 1.57 bits per heavy atom. The summed E-state index contributed by atoms with van der Waals surface area (Å²) in [7, 11) is 0. The zero-order valence-corrected chi connectivity index (χ0v) is 9.95. The Labute approximate surface area is 89.5 Å². The molecule has 0 radical (unpaired) electrons. The molecule has 0 aliphatic heterocycles. The van der Waals surface area contributed by atoms with Crippen molar-refractivity contribution in [3.8, 4) is 0 Å². The Balaban J connectivity index is 2.38.